The zero-order valence-electron chi connectivity index (χ0n) is 11.4. The van der Waals surface area contributed by atoms with Crippen LogP contribution >= 0.6 is 0 Å². The number of unbranched alkanes of at least 4 members (excludes halogenated alkanes) is 5. The third-order valence-electron chi connectivity index (χ3n) is 3.45. The van der Waals surface area contributed by atoms with Crippen molar-refractivity contribution in [3.8, 4) is 0 Å². The van der Waals surface area contributed by atoms with Gasteiger partial charge in [0.15, 0.2) is 5.78 Å². The van der Waals surface area contributed by atoms with Gasteiger partial charge in [-0.3, -0.25) is 4.79 Å². The Morgan fingerprint density at radius 2 is 1.88 bits per heavy atom. The SMILES string of the molecule is CCCCCC/C=C1/C(=O)C=C[C@H]1CCCC. The van der Waals surface area contributed by atoms with Crippen molar-refractivity contribution in [2.75, 3.05) is 0 Å². The summed E-state index contributed by atoms with van der Waals surface area (Å²) in [6.07, 6.45) is 15.8. The first-order valence-corrected chi connectivity index (χ1v) is 7.22. The number of ketones is 1. The smallest absolute Gasteiger partial charge is 0.181 e. The lowest BCUT2D eigenvalue weighted by molar-refractivity contribution is -0.111. The normalized spacial score (nSPS) is 21.6. The quantitative estimate of drug-likeness (QED) is 0.434. The molecule has 96 valence electrons. The van der Waals surface area contributed by atoms with E-state index in [4.69, 9.17) is 0 Å². The van der Waals surface area contributed by atoms with Gasteiger partial charge >= 0.3 is 0 Å². The van der Waals surface area contributed by atoms with Crippen LogP contribution in [-0.2, 0) is 4.79 Å². The van der Waals surface area contributed by atoms with Gasteiger partial charge in [0.1, 0.15) is 0 Å². The van der Waals surface area contributed by atoms with Gasteiger partial charge in [-0.1, -0.05) is 58.1 Å². The molecule has 0 amide bonds. The third-order valence-corrected chi connectivity index (χ3v) is 3.45. The highest BCUT2D eigenvalue weighted by Crippen LogP contribution is 2.27. The molecule has 0 N–H and O–H groups in total. The van der Waals surface area contributed by atoms with Crippen LogP contribution in [0.1, 0.15) is 65.2 Å². The van der Waals surface area contributed by atoms with E-state index in [1.807, 2.05) is 0 Å². The summed E-state index contributed by atoms with van der Waals surface area (Å²) in [5, 5.41) is 0. The van der Waals surface area contributed by atoms with E-state index in [1.54, 1.807) is 6.08 Å². The Labute approximate surface area is 106 Å². The van der Waals surface area contributed by atoms with E-state index in [9.17, 15) is 4.79 Å². The molecule has 0 unspecified atom stereocenters. The van der Waals surface area contributed by atoms with Gasteiger partial charge in [-0.05, 0) is 25.3 Å². The Morgan fingerprint density at radius 3 is 2.59 bits per heavy atom. The van der Waals surface area contributed by atoms with E-state index in [2.05, 4.69) is 26.0 Å². The lowest BCUT2D eigenvalue weighted by Gasteiger charge is -2.09. The van der Waals surface area contributed by atoms with Crippen LogP contribution in [0, 0.1) is 5.92 Å². The van der Waals surface area contributed by atoms with Gasteiger partial charge in [-0.25, -0.2) is 0 Å². The molecule has 0 aromatic carbocycles. The second kappa shape index (κ2) is 8.27. The topological polar surface area (TPSA) is 17.1 Å². The van der Waals surface area contributed by atoms with Crippen LogP contribution in [0.15, 0.2) is 23.8 Å². The minimum Gasteiger partial charge on any atom is -0.290 e. The zero-order valence-corrected chi connectivity index (χ0v) is 11.4. The second-order valence-electron chi connectivity index (χ2n) is 4.98. The van der Waals surface area contributed by atoms with Crippen LogP contribution in [-0.4, -0.2) is 5.78 Å². The molecule has 0 aliphatic heterocycles. The average Bonchev–Trinajstić information content (AvgIpc) is 2.68. The molecular weight excluding hydrogens is 208 g/mol. The number of allylic oxidation sites excluding steroid dienone is 4. The summed E-state index contributed by atoms with van der Waals surface area (Å²) < 4.78 is 0. The maximum atomic E-state index is 11.7. The minimum atomic E-state index is 0.251. The number of carbonyl (C=O) groups is 1. The zero-order chi connectivity index (χ0) is 12.5. The van der Waals surface area contributed by atoms with Crippen LogP contribution < -0.4 is 0 Å². The fraction of sp³-hybridized carbons (Fsp3) is 0.688. The molecule has 1 heteroatoms. The maximum Gasteiger partial charge on any atom is 0.181 e. The van der Waals surface area contributed by atoms with Crippen molar-refractivity contribution in [1.29, 1.82) is 0 Å². The molecule has 0 saturated carbocycles. The fourth-order valence-electron chi connectivity index (χ4n) is 2.34. The molecule has 1 nitrogen and oxygen atoms in total. The van der Waals surface area contributed by atoms with Crippen molar-refractivity contribution < 1.29 is 4.79 Å². The van der Waals surface area contributed by atoms with Gasteiger partial charge in [0.2, 0.25) is 0 Å². The molecule has 1 aliphatic carbocycles. The maximum absolute atomic E-state index is 11.7. The first-order chi connectivity index (χ1) is 8.29. The Balaban J connectivity index is 2.37. The largest absolute Gasteiger partial charge is 0.290 e. The molecule has 17 heavy (non-hydrogen) atoms. The predicted octanol–water partition coefficient (Wildman–Crippen LogP) is 4.83. The molecule has 0 aromatic rings. The van der Waals surface area contributed by atoms with Crippen LogP contribution in [0.4, 0.5) is 0 Å². The standard InChI is InChI=1S/C16H26O/c1-3-5-7-8-9-11-15-14(10-6-4-2)12-13-16(15)17/h11-14H,3-10H2,1-2H3/b15-11+/t14-/m1/s1. The highest BCUT2D eigenvalue weighted by atomic mass is 16.1. The molecule has 0 fully saturated rings. The van der Waals surface area contributed by atoms with Crippen molar-refractivity contribution >= 4 is 5.78 Å². The van der Waals surface area contributed by atoms with Crippen LogP contribution in [0.3, 0.4) is 0 Å². The van der Waals surface area contributed by atoms with Crippen LogP contribution in [0.2, 0.25) is 0 Å². The van der Waals surface area contributed by atoms with Crippen molar-refractivity contribution in [1.82, 2.24) is 0 Å². The summed E-state index contributed by atoms with van der Waals surface area (Å²) in [5.41, 5.74) is 1.06. The molecule has 0 heterocycles. The molecule has 1 aliphatic rings. The van der Waals surface area contributed by atoms with Gasteiger partial charge in [0.05, 0.1) is 0 Å². The minimum absolute atomic E-state index is 0.251. The van der Waals surface area contributed by atoms with Gasteiger partial charge in [-0.2, -0.15) is 0 Å². The van der Waals surface area contributed by atoms with Gasteiger partial charge in [-0.15, -0.1) is 0 Å². The molecule has 0 aromatic heterocycles. The summed E-state index contributed by atoms with van der Waals surface area (Å²) in [7, 11) is 0. The van der Waals surface area contributed by atoms with Crippen molar-refractivity contribution in [3.05, 3.63) is 23.8 Å². The number of hydrogen-bond donors (Lipinski definition) is 0. The molecule has 1 atom stereocenters. The van der Waals surface area contributed by atoms with E-state index >= 15 is 0 Å². The molecule has 0 spiro atoms. The second-order valence-corrected chi connectivity index (χ2v) is 4.98. The number of hydrogen-bond acceptors (Lipinski definition) is 1. The molecule has 1 rings (SSSR count). The van der Waals surface area contributed by atoms with Crippen molar-refractivity contribution in [2.24, 2.45) is 5.92 Å². The van der Waals surface area contributed by atoms with Crippen LogP contribution in [0.5, 0.6) is 0 Å². The first-order valence-electron chi connectivity index (χ1n) is 7.22. The molecule has 0 radical (unpaired) electrons. The Kier molecular flexibility index (Phi) is 6.91. The number of carbonyl (C=O) groups excluding carboxylic acids is 1. The van der Waals surface area contributed by atoms with Crippen molar-refractivity contribution in [3.63, 3.8) is 0 Å². The summed E-state index contributed by atoms with van der Waals surface area (Å²) >= 11 is 0. The third kappa shape index (κ3) is 4.89. The Bertz CT molecular complexity index is 286. The highest BCUT2D eigenvalue weighted by molar-refractivity contribution is 6.07. The van der Waals surface area contributed by atoms with Gasteiger partial charge in [0.25, 0.3) is 0 Å². The number of rotatable bonds is 8. The Hall–Kier alpha value is -0.850. The summed E-state index contributed by atoms with van der Waals surface area (Å²) in [6, 6.07) is 0. The van der Waals surface area contributed by atoms with Crippen LogP contribution in [0.25, 0.3) is 0 Å². The highest BCUT2D eigenvalue weighted by Gasteiger charge is 2.21. The summed E-state index contributed by atoms with van der Waals surface area (Å²) in [6.45, 7) is 4.43. The molecule has 0 saturated heterocycles. The molecule has 0 bridgehead atoms. The van der Waals surface area contributed by atoms with Gasteiger partial charge in [0, 0.05) is 11.5 Å². The van der Waals surface area contributed by atoms with Gasteiger partial charge < -0.3 is 0 Å². The monoisotopic (exact) mass is 234 g/mol. The first kappa shape index (κ1) is 14.2. The average molecular weight is 234 g/mol. The van der Waals surface area contributed by atoms with E-state index in [0.717, 1.165) is 18.4 Å². The lowest BCUT2D eigenvalue weighted by Crippen LogP contribution is -2.03. The summed E-state index contributed by atoms with van der Waals surface area (Å²) in [5.74, 6) is 0.662. The fourth-order valence-corrected chi connectivity index (χ4v) is 2.34. The molecular formula is C16H26O. The van der Waals surface area contributed by atoms with Crippen molar-refractivity contribution in [2.45, 2.75) is 65.2 Å². The predicted molar refractivity (Wildman–Crippen MR) is 74.0 cm³/mol. The van der Waals surface area contributed by atoms with E-state index in [-0.39, 0.29) is 5.78 Å². The Morgan fingerprint density at radius 1 is 1.12 bits per heavy atom. The van der Waals surface area contributed by atoms with E-state index < -0.39 is 0 Å². The lowest BCUT2D eigenvalue weighted by atomic mass is 9.95. The summed E-state index contributed by atoms with van der Waals surface area (Å²) in [4.78, 5) is 11.7. The van der Waals surface area contributed by atoms with E-state index in [1.165, 1.54) is 38.5 Å². The van der Waals surface area contributed by atoms with E-state index in [0.29, 0.717) is 5.92 Å².